The summed E-state index contributed by atoms with van der Waals surface area (Å²) < 4.78 is 5.84. The van der Waals surface area contributed by atoms with Crippen LogP contribution >= 0.6 is 22.7 Å². The average Bonchev–Trinajstić information content (AvgIpc) is 3.37. The number of nitrogens with one attached hydrogen (secondary N) is 1. The first kappa shape index (κ1) is 16.9. The molecule has 0 amide bonds. The number of fused-ring (bicyclic) bond motifs is 1. The lowest BCUT2D eigenvalue weighted by Gasteiger charge is -2.00. The molecule has 0 fully saturated rings. The van der Waals surface area contributed by atoms with Crippen LogP contribution in [0, 0.1) is 6.92 Å². The molecule has 8 heteroatoms. The normalized spacial score (nSPS) is 11.2. The monoisotopic (exact) mass is 384 g/mol. The van der Waals surface area contributed by atoms with Crippen LogP contribution in [0.5, 0.6) is 0 Å². The minimum atomic E-state index is -0.249. The highest BCUT2D eigenvalue weighted by Gasteiger charge is 2.18. The first-order chi connectivity index (χ1) is 12.6. The van der Waals surface area contributed by atoms with Crippen molar-refractivity contribution in [3.8, 4) is 22.0 Å². The first-order valence-electron chi connectivity index (χ1n) is 8.06. The van der Waals surface area contributed by atoms with Crippen LogP contribution in [0.2, 0.25) is 0 Å². The highest BCUT2D eigenvalue weighted by atomic mass is 32.1. The quantitative estimate of drug-likeness (QED) is 0.521. The van der Waals surface area contributed by atoms with Gasteiger partial charge in [0, 0.05) is 23.1 Å². The maximum atomic E-state index is 11.5. The summed E-state index contributed by atoms with van der Waals surface area (Å²) in [6.45, 7) is 1.97. The second-order valence-electron chi connectivity index (χ2n) is 5.81. The number of carbonyl (C=O) groups is 1. The van der Waals surface area contributed by atoms with Crippen LogP contribution in [0.4, 0.5) is 0 Å². The number of methoxy groups -OCH3 is 1. The summed E-state index contributed by atoms with van der Waals surface area (Å²) in [5.41, 5.74) is 6.52. The minimum absolute atomic E-state index is 0.249. The Labute approximate surface area is 157 Å². The summed E-state index contributed by atoms with van der Waals surface area (Å²) in [5, 5.41) is 2.90. The number of imidazole rings is 1. The largest absolute Gasteiger partial charge is 0.469 e. The predicted octanol–water partition coefficient (Wildman–Crippen LogP) is 4.22. The molecule has 1 N–H and O–H groups in total. The van der Waals surface area contributed by atoms with E-state index in [0.29, 0.717) is 6.42 Å². The standard InChI is InChI=1S/C18H16N4O2S2/c1-10-8-25-18(20-10)17-16(21-14(22-17)5-6-15(23)24-2)11-3-4-12-13(7-11)26-9-19-12/h3-4,7-9H,5-6H2,1-2H3,(H,21,22). The van der Waals surface area contributed by atoms with Crippen molar-refractivity contribution < 1.29 is 9.53 Å². The molecule has 0 spiro atoms. The van der Waals surface area contributed by atoms with E-state index in [0.717, 1.165) is 43.7 Å². The molecule has 0 aliphatic rings. The summed E-state index contributed by atoms with van der Waals surface area (Å²) in [4.78, 5) is 28.5. The number of hydrogen-bond donors (Lipinski definition) is 1. The molecule has 26 heavy (non-hydrogen) atoms. The van der Waals surface area contributed by atoms with Crippen LogP contribution in [0.3, 0.4) is 0 Å². The fraction of sp³-hybridized carbons (Fsp3) is 0.222. The van der Waals surface area contributed by atoms with Crippen LogP contribution in [0.25, 0.3) is 32.2 Å². The van der Waals surface area contributed by atoms with E-state index in [1.54, 1.807) is 22.7 Å². The van der Waals surface area contributed by atoms with Crippen LogP contribution in [0.1, 0.15) is 17.9 Å². The Kier molecular flexibility index (Phi) is 4.52. The smallest absolute Gasteiger partial charge is 0.305 e. The lowest BCUT2D eigenvalue weighted by molar-refractivity contribution is -0.140. The van der Waals surface area contributed by atoms with Crippen LogP contribution in [-0.2, 0) is 16.0 Å². The van der Waals surface area contributed by atoms with Gasteiger partial charge < -0.3 is 9.72 Å². The Bertz CT molecular complexity index is 1080. The zero-order valence-electron chi connectivity index (χ0n) is 14.3. The van der Waals surface area contributed by atoms with Crippen molar-refractivity contribution in [3.63, 3.8) is 0 Å². The number of rotatable bonds is 5. The van der Waals surface area contributed by atoms with Gasteiger partial charge in [-0.25, -0.2) is 15.0 Å². The fourth-order valence-electron chi connectivity index (χ4n) is 2.70. The van der Waals surface area contributed by atoms with E-state index in [4.69, 9.17) is 9.72 Å². The number of thiazole rings is 2. The molecule has 0 atom stereocenters. The number of aromatic amines is 1. The van der Waals surface area contributed by atoms with Crippen molar-refractivity contribution >= 4 is 38.9 Å². The van der Waals surface area contributed by atoms with Gasteiger partial charge in [0.15, 0.2) is 0 Å². The Hall–Kier alpha value is -2.58. The number of benzene rings is 1. The summed E-state index contributed by atoms with van der Waals surface area (Å²) in [7, 11) is 1.39. The number of H-pyrrole nitrogens is 1. The van der Waals surface area contributed by atoms with Crippen molar-refractivity contribution in [2.24, 2.45) is 0 Å². The summed E-state index contributed by atoms with van der Waals surface area (Å²) >= 11 is 3.18. The predicted molar refractivity (Wildman–Crippen MR) is 103 cm³/mol. The van der Waals surface area contributed by atoms with Gasteiger partial charge in [-0.3, -0.25) is 4.79 Å². The molecule has 3 heterocycles. The zero-order chi connectivity index (χ0) is 18.1. The molecule has 6 nitrogen and oxygen atoms in total. The van der Waals surface area contributed by atoms with Crippen molar-refractivity contribution in [3.05, 3.63) is 40.6 Å². The molecule has 0 aliphatic heterocycles. The Balaban J connectivity index is 1.77. The molecule has 0 bridgehead atoms. The van der Waals surface area contributed by atoms with Gasteiger partial charge in [-0.1, -0.05) is 6.07 Å². The molecule has 3 aromatic heterocycles. The van der Waals surface area contributed by atoms with Crippen LogP contribution in [-0.4, -0.2) is 33.0 Å². The van der Waals surface area contributed by atoms with Crippen LogP contribution < -0.4 is 0 Å². The number of nitrogens with zero attached hydrogens (tertiary/aromatic N) is 3. The van der Waals surface area contributed by atoms with Gasteiger partial charge in [-0.2, -0.15) is 0 Å². The van der Waals surface area contributed by atoms with Gasteiger partial charge in [0.1, 0.15) is 16.5 Å². The fourth-order valence-corrected chi connectivity index (χ4v) is 4.21. The van der Waals surface area contributed by atoms with Gasteiger partial charge in [-0.15, -0.1) is 22.7 Å². The van der Waals surface area contributed by atoms with E-state index in [9.17, 15) is 4.79 Å². The van der Waals surface area contributed by atoms with Gasteiger partial charge >= 0.3 is 5.97 Å². The van der Waals surface area contributed by atoms with Gasteiger partial charge in [0.2, 0.25) is 0 Å². The number of ether oxygens (including phenoxy) is 1. The third kappa shape index (κ3) is 3.25. The molecule has 4 rings (SSSR count). The van der Waals surface area contributed by atoms with Crippen molar-refractivity contribution in [2.45, 2.75) is 19.8 Å². The molecule has 0 aliphatic carbocycles. The SMILES string of the molecule is COC(=O)CCc1nc(-c2ccc3ncsc3c2)c(-c2nc(C)cs2)[nH]1. The lowest BCUT2D eigenvalue weighted by atomic mass is 10.1. The number of carbonyl (C=O) groups excluding carboxylic acids is 1. The second kappa shape index (κ2) is 6.97. The first-order valence-corrected chi connectivity index (χ1v) is 9.82. The Morgan fingerprint density at radius 1 is 1.27 bits per heavy atom. The van der Waals surface area contributed by atoms with E-state index >= 15 is 0 Å². The molecular formula is C18H16N4O2S2. The van der Waals surface area contributed by atoms with Crippen molar-refractivity contribution in [1.82, 2.24) is 19.9 Å². The molecule has 0 radical (unpaired) electrons. The van der Waals surface area contributed by atoms with Gasteiger partial charge in [0.25, 0.3) is 0 Å². The minimum Gasteiger partial charge on any atom is -0.469 e. The molecule has 0 unspecified atom stereocenters. The summed E-state index contributed by atoms with van der Waals surface area (Å²) in [5.74, 6) is 0.498. The molecular weight excluding hydrogens is 368 g/mol. The van der Waals surface area contributed by atoms with E-state index in [1.165, 1.54) is 7.11 Å². The number of aromatic nitrogens is 4. The Morgan fingerprint density at radius 3 is 2.92 bits per heavy atom. The second-order valence-corrected chi connectivity index (χ2v) is 7.56. The highest BCUT2D eigenvalue weighted by Crippen LogP contribution is 2.34. The number of esters is 1. The highest BCUT2D eigenvalue weighted by molar-refractivity contribution is 7.16. The van der Waals surface area contributed by atoms with Crippen LogP contribution in [0.15, 0.2) is 29.1 Å². The van der Waals surface area contributed by atoms with Gasteiger partial charge in [-0.05, 0) is 19.1 Å². The van der Waals surface area contributed by atoms with E-state index < -0.39 is 0 Å². The average molecular weight is 384 g/mol. The molecule has 132 valence electrons. The topological polar surface area (TPSA) is 80.8 Å². The van der Waals surface area contributed by atoms with Crippen molar-refractivity contribution in [2.75, 3.05) is 7.11 Å². The third-order valence-corrected chi connectivity index (χ3v) is 5.75. The Morgan fingerprint density at radius 2 is 2.15 bits per heavy atom. The molecule has 4 aromatic rings. The number of aryl methyl sites for hydroxylation is 2. The maximum Gasteiger partial charge on any atom is 0.305 e. The number of hydrogen-bond acceptors (Lipinski definition) is 7. The summed E-state index contributed by atoms with van der Waals surface area (Å²) in [6, 6.07) is 6.12. The summed E-state index contributed by atoms with van der Waals surface area (Å²) in [6.07, 6.45) is 0.778. The third-order valence-electron chi connectivity index (χ3n) is 3.98. The van der Waals surface area contributed by atoms with Crippen molar-refractivity contribution in [1.29, 1.82) is 0 Å². The molecule has 1 aromatic carbocycles. The van der Waals surface area contributed by atoms with E-state index in [1.807, 2.05) is 29.9 Å². The lowest BCUT2D eigenvalue weighted by Crippen LogP contribution is -2.02. The van der Waals surface area contributed by atoms with E-state index in [2.05, 4.69) is 21.0 Å². The maximum absolute atomic E-state index is 11.5. The molecule has 0 saturated heterocycles. The van der Waals surface area contributed by atoms with Gasteiger partial charge in [0.05, 0.1) is 35.0 Å². The zero-order valence-corrected chi connectivity index (χ0v) is 15.9. The molecule has 0 saturated carbocycles. The van der Waals surface area contributed by atoms with E-state index in [-0.39, 0.29) is 12.4 Å².